The molecule has 0 aliphatic heterocycles. The Balaban J connectivity index is 1.41. The first-order valence-electron chi connectivity index (χ1n) is 10.9. The Labute approximate surface area is 156 Å². The van der Waals surface area contributed by atoms with Crippen molar-refractivity contribution in [2.24, 2.45) is 45.8 Å². The van der Waals surface area contributed by atoms with Crippen LogP contribution < -0.4 is 0 Å². The van der Waals surface area contributed by atoms with Gasteiger partial charge in [-0.15, -0.1) is 0 Å². The van der Waals surface area contributed by atoms with Gasteiger partial charge in [0.05, 0.1) is 0 Å². The highest BCUT2D eigenvalue weighted by Crippen LogP contribution is 2.79. The fourth-order valence-corrected chi connectivity index (χ4v) is 8.69. The summed E-state index contributed by atoms with van der Waals surface area (Å²) in [7, 11) is 0. The fraction of sp³-hybridized carbons (Fsp3) is 0.750. The molecule has 4 fully saturated rings. The molecule has 0 aromatic carbocycles. The van der Waals surface area contributed by atoms with Crippen LogP contribution in [0.3, 0.4) is 0 Å². The van der Waals surface area contributed by atoms with E-state index in [2.05, 4.69) is 26.0 Å². The summed E-state index contributed by atoms with van der Waals surface area (Å²) in [6.07, 6.45) is 15.6. The minimum Gasteiger partial charge on any atom is -0.298 e. The number of carbonyl (C=O) groups is 2. The third kappa shape index (κ3) is 1.58. The maximum absolute atomic E-state index is 13.7. The standard InChI is InChI=1S/C24H30O2/c1-22-10-8-15(25)12-14(22)6-7-16-17(22)9-11-23(2)20(16)13-24(21(23)26)18-4-3-5-19(18)24/h6-7,12,16-20H,3-5,8-11,13H2,1-2H3/t16?,17?,18?,19?,20?,22-,23-,24?/m0/s1. The molecule has 6 rings (SSSR count). The molecule has 0 N–H and O–H groups in total. The predicted octanol–water partition coefficient (Wildman–Crippen LogP) is 4.89. The lowest BCUT2D eigenvalue weighted by molar-refractivity contribution is -0.134. The van der Waals surface area contributed by atoms with Gasteiger partial charge >= 0.3 is 0 Å². The van der Waals surface area contributed by atoms with Crippen LogP contribution in [0, 0.1) is 45.8 Å². The Hall–Kier alpha value is -1.18. The molecule has 0 saturated heterocycles. The molecule has 2 heteroatoms. The van der Waals surface area contributed by atoms with Gasteiger partial charge < -0.3 is 0 Å². The first-order valence-corrected chi connectivity index (χ1v) is 10.9. The molecule has 4 saturated carbocycles. The van der Waals surface area contributed by atoms with E-state index >= 15 is 0 Å². The summed E-state index contributed by atoms with van der Waals surface area (Å²) in [5.74, 6) is 4.08. The van der Waals surface area contributed by atoms with Gasteiger partial charge in [0.15, 0.2) is 5.78 Å². The van der Waals surface area contributed by atoms with Crippen molar-refractivity contribution < 1.29 is 9.59 Å². The number of rotatable bonds is 0. The molecule has 0 aromatic heterocycles. The van der Waals surface area contributed by atoms with E-state index in [-0.39, 0.29) is 16.2 Å². The van der Waals surface area contributed by atoms with E-state index in [1.807, 2.05) is 6.08 Å². The summed E-state index contributed by atoms with van der Waals surface area (Å²) >= 11 is 0. The lowest BCUT2D eigenvalue weighted by atomic mass is 9.49. The van der Waals surface area contributed by atoms with E-state index < -0.39 is 0 Å². The highest BCUT2D eigenvalue weighted by Gasteiger charge is 2.78. The molecule has 138 valence electrons. The molecular formula is C24H30O2. The third-order valence-corrected chi connectivity index (χ3v) is 10.1. The molecule has 1 spiro atoms. The van der Waals surface area contributed by atoms with Crippen LogP contribution in [0.2, 0.25) is 0 Å². The van der Waals surface area contributed by atoms with E-state index in [4.69, 9.17) is 0 Å². The van der Waals surface area contributed by atoms with Crippen LogP contribution in [-0.4, -0.2) is 11.6 Å². The normalized spacial score (nSPS) is 56.7. The zero-order valence-corrected chi connectivity index (χ0v) is 16.1. The molecule has 0 heterocycles. The zero-order chi connectivity index (χ0) is 17.9. The van der Waals surface area contributed by atoms with Crippen LogP contribution in [0.4, 0.5) is 0 Å². The van der Waals surface area contributed by atoms with Gasteiger partial charge in [-0.2, -0.15) is 0 Å². The molecule has 0 bridgehead atoms. The number of hydrogen-bond acceptors (Lipinski definition) is 2. The van der Waals surface area contributed by atoms with Crippen molar-refractivity contribution in [3.63, 3.8) is 0 Å². The Kier molecular flexibility index (Phi) is 2.81. The van der Waals surface area contributed by atoms with Gasteiger partial charge in [-0.05, 0) is 85.2 Å². The molecule has 6 aliphatic rings. The van der Waals surface area contributed by atoms with Gasteiger partial charge in [-0.3, -0.25) is 9.59 Å². The summed E-state index contributed by atoms with van der Waals surface area (Å²) < 4.78 is 0. The second-order valence-electron chi connectivity index (χ2n) is 10.8. The van der Waals surface area contributed by atoms with E-state index in [0.717, 1.165) is 37.5 Å². The first-order chi connectivity index (χ1) is 12.4. The van der Waals surface area contributed by atoms with Gasteiger partial charge in [0.2, 0.25) is 0 Å². The molecule has 6 aliphatic carbocycles. The van der Waals surface area contributed by atoms with Gasteiger partial charge in [0, 0.05) is 17.3 Å². The Morgan fingerprint density at radius 1 is 0.923 bits per heavy atom. The van der Waals surface area contributed by atoms with Crippen LogP contribution >= 0.6 is 0 Å². The van der Waals surface area contributed by atoms with E-state index in [0.29, 0.717) is 35.7 Å². The molecule has 0 amide bonds. The van der Waals surface area contributed by atoms with Crippen molar-refractivity contribution >= 4 is 11.6 Å². The zero-order valence-electron chi connectivity index (χ0n) is 16.1. The largest absolute Gasteiger partial charge is 0.298 e. The summed E-state index contributed by atoms with van der Waals surface area (Å²) in [5, 5.41) is 0. The fourth-order valence-electron chi connectivity index (χ4n) is 8.69. The average Bonchev–Trinajstić information content (AvgIpc) is 2.93. The monoisotopic (exact) mass is 350 g/mol. The maximum Gasteiger partial charge on any atom is 0.156 e. The number of Topliss-reactive ketones (excluding diaryl/α,β-unsaturated/α-hetero) is 1. The topological polar surface area (TPSA) is 34.1 Å². The smallest absolute Gasteiger partial charge is 0.156 e. The minimum absolute atomic E-state index is 0.0833. The highest BCUT2D eigenvalue weighted by atomic mass is 16.1. The van der Waals surface area contributed by atoms with E-state index in [1.54, 1.807) is 0 Å². The number of fused-ring (bicyclic) bond motifs is 8. The van der Waals surface area contributed by atoms with E-state index in [9.17, 15) is 9.59 Å². The second kappa shape index (κ2) is 4.62. The van der Waals surface area contributed by atoms with Crippen molar-refractivity contribution in [1.82, 2.24) is 0 Å². The van der Waals surface area contributed by atoms with Crippen LogP contribution in [0.1, 0.15) is 65.2 Å². The van der Waals surface area contributed by atoms with Crippen molar-refractivity contribution in [3.05, 3.63) is 23.8 Å². The lowest BCUT2D eigenvalue weighted by Crippen LogP contribution is -2.49. The Bertz CT molecular complexity index is 778. The van der Waals surface area contributed by atoms with Gasteiger partial charge in [0.1, 0.15) is 5.78 Å². The Morgan fingerprint density at radius 3 is 2.46 bits per heavy atom. The van der Waals surface area contributed by atoms with Crippen molar-refractivity contribution in [1.29, 1.82) is 0 Å². The number of carbonyl (C=O) groups excluding carboxylic acids is 2. The van der Waals surface area contributed by atoms with Gasteiger partial charge in [-0.25, -0.2) is 0 Å². The maximum atomic E-state index is 13.7. The molecule has 5 unspecified atom stereocenters. The lowest BCUT2D eigenvalue weighted by Gasteiger charge is -2.54. The van der Waals surface area contributed by atoms with Crippen molar-refractivity contribution in [2.75, 3.05) is 0 Å². The summed E-state index contributed by atoms with van der Waals surface area (Å²) in [6.45, 7) is 4.71. The predicted molar refractivity (Wildman–Crippen MR) is 100 cm³/mol. The quantitative estimate of drug-likeness (QED) is 0.623. The average molecular weight is 351 g/mol. The van der Waals surface area contributed by atoms with Crippen LogP contribution in [0.5, 0.6) is 0 Å². The highest BCUT2D eigenvalue weighted by molar-refractivity contribution is 5.96. The number of ketones is 2. The summed E-state index contributed by atoms with van der Waals surface area (Å²) in [4.78, 5) is 25.6. The SMILES string of the molecule is C[C@]12CCC(=O)C=C1C=CC1C2CC[C@]2(C)C(=O)C3(CC12)C1CCCC13. The van der Waals surface area contributed by atoms with Crippen molar-refractivity contribution in [2.45, 2.75) is 65.2 Å². The van der Waals surface area contributed by atoms with Gasteiger partial charge in [-0.1, -0.05) is 32.4 Å². The molecule has 0 radical (unpaired) electrons. The van der Waals surface area contributed by atoms with Gasteiger partial charge in [0.25, 0.3) is 0 Å². The first kappa shape index (κ1) is 15.8. The molecule has 26 heavy (non-hydrogen) atoms. The number of hydrogen-bond donors (Lipinski definition) is 0. The Morgan fingerprint density at radius 2 is 1.69 bits per heavy atom. The molecular weight excluding hydrogens is 320 g/mol. The summed E-state index contributed by atoms with van der Waals surface area (Å²) in [6, 6.07) is 0. The molecule has 7 atom stereocenters. The van der Waals surface area contributed by atoms with Crippen LogP contribution in [0.25, 0.3) is 0 Å². The van der Waals surface area contributed by atoms with E-state index in [1.165, 1.54) is 24.8 Å². The van der Waals surface area contributed by atoms with Crippen LogP contribution in [0.15, 0.2) is 23.8 Å². The minimum atomic E-state index is -0.0854. The second-order valence-corrected chi connectivity index (χ2v) is 10.8. The molecule has 0 aromatic rings. The van der Waals surface area contributed by atoms with Crippen molar-refractivity contribution in [3.8, 4) is 0 Å². The molecule has 2 nitrogen and oxygen atoms in total. The third-order valence-electron chi connectivity index (χ3n) is 10.1. The summed E-state index contributed by atoms with van der Waals surface area (Å²) in [5.41, 5.74) is 1.41. The number of allylic oxidation sites excluding steroid dienone is 4. The van der Waals surface area contributed by atoms with Crippen LogP contribution in [-0.2, 0) is 9.59 Å².